The quantitative estimate of drug-likeness (QED) is 0.798. The van der Waals surface area contributed by atoms with Gasteiger partial charge in [0, 0.05) is 44.1 Å². The maximum atomic E-state index is 12.9. The van der Waals surface area contributed by atoms with Crippen LogP contribution >= 0.6 is 11.3 Å². The fraction of sp³-hybridized carbons (Fsp3) is 0.714. The van der Waals surface area contributed by atoms with Crippen molar-refractivity contribution in [2.24, 2.45) is 5.92 Å². The summed E-state index contributed by atoms with van der Waals surface area (Å²) in [6.07, 6.45) is 7.00. The van der Waals surface area contributed by atoms with Gasteiger partial charge in [-0.25, -0.2) is 0 Å². The first kappa shape index (κ1) is 18.9. The predicted molar refractivity (Wildman–Crippen MR) is 108 cm³/mol. The van der Waals surface area contributed by atoms with Gasteiger partial charge in [-0.1, -0.05) is 6.92 Å². The summed E-state index contributed by atoms with van der Waals surface area (Å²) in [5.74, 6) is 1.18. The van der Waals surface area contributed by atoms with Gasteiger partial charge in [-0.15, -0.1) is 11.3 Å². The topological polar surface area (TPSA) is 43.9 Å². The fourth-order valence-corrected chi connectivity index (χ4v) is 5.69. The lowest BCUT2D eigenvalue weighted by molar-refractivity contribution is -0.133. The number of fused-ring (bicyclic) bond motifs is 1. The summed E-state index contributed by atoms with van der Waals surface area (Å²) in [4.78, 5) is 33.9. The molecule has 1 atom stereocenters. The molecule has 5 nitrogen and oxygen atoms in total. The number of thiophene rings is 1. The van der Waals surface area contributed by atoms with Crippen molar-refractivity contribution < 1.29 is 9.59 Å². The Morgan fingerprint density at radius 2 is 1.78 bits per heavy atom. The highest BCUT2D eigenvalue weighted by atomic mass is 32.1. The van der Waals surface area contributed by atoms with E-state index in [1.165, 1.54) is 23.3 Å². The Kier molecular flexibility index (Phi) is 5.83. The van der Waals surface area contributed by atoms with Crippen molar-refractivity contribution in [2.75, 3.05) is 45.8 Å². The Bertz CT molecular complexity index is 688. The summed E-state index contributed by atoms with van der Waals surface area (Å²) in [5, 5.41) is 0. The van der Waals surface area contributed by atoms with Crippen molar-refractivity contribution in [3.63, 3.8) is 0 Å². The van der Waals surface area contributed by atoms with Crippen molar-refractivity contribution in [1.82, 2.24) is 14.7 Å². The van der Waals surface area contributed by atoms with E-state index >= 15 is 0 Å². The number of carbonyl (C=O) groups is 2. The van der Waals surface area contributed by atoms with Gasteiger partial charge in [0.05, 0.1) is 11.4 Å². The Balaban J connectivity index is 1.29. The van der Waals surface area contributed by atoms with Crippen LogP contribution in [-0.2, 0) is 17.6 Å². The third-order valence-electron chi connectivity index (χ3n) is 6.27. The highest BCUT2D eigenvalue weighted by molar-refractivity contribution is 7.14. The molecule has 1 aromatic heterocycles. The number of aryl methyl sites for hydroxylation is 1. The van der Waals surface area contributed by atoms with Crippen LogP contribution in [0.15, 0.2) is 6.07 Å². The molecule has 0 N–H and O–H groups in total. The van der Waals surface area contributed by atoms with Gasteiger partial charge >= 0.3 is 0 Å². The molecular formula is C21H31N3O2S. The van der Waals surface area contributed by atoms with Gasteiger partial charge in [0.2, 0.25) is 5.91 Å². The van der Waals surface area contributed by atoms with Gasteiger partial charge in [0.25, 0.3) is 5.91 Å². The monoisotopic (exact) mass is 389 g/mol. The van der Waals surface area contributed by atoms with E-state index < -0.39 is 0 Å². The Morgan fingerprint density at radius 1 is 1.04 bits per heavy atom. The van der Waals surface area contributed by atoms with Gasteiger partial charge in [-0.05, 0) is 56.1 Å². The lowest BCUT2D eigenvalue weighted by Crippen LogP contribution is -2.51. The number of hydrogen-bond donors (Lipinski definition) is 0. The van der Waals surface area contributed by atoms with E-state index in [2.05, 4.69) is 17.9 Å². The smallest absolute Gasteiger partial charge is 0.264 e. The summed E-state index contributed by atoms with van der Waals surface area (Å²) in [6, 6.07) is 2.14. The van der Waals surface area contributed by atoms with Crippen molar-refractivity contribution in [2.45, 2.75) is 45.4 Å². The molecule has 2 aliphatic heterocycles. The minimum Gasteiger partial charge on any atom is -0.342 e. The summed E-state index contributed by atoms with van der Waals surface area (Å²) in [6.45, 7) is 7.69. The molecule has 27 heavy (non-hydrogen) atoms. The van der Waals surface area contributed by atoms with Crippen LogP contribution in [0.5, 0.6) is 0 Å². The lowest BCUT2D eigenvalue weighted by Gasteiger charge is -2.35. The van der Waals surface area contributed by atoms with Gasteiger partial charge in [-0.2, -0.15) is 0 Å². The Hall–Kier alpha value is -1.40. The summed E-state index contributed by atoms with van der Waals surface area (Å²) >= 11 is 1.70. The van der Waals surface area contributed by atoms with Crippen LogP contribution in [0, 0.1) is 5.92 Å². The van der Waals surface area contributed by atoms with Crippen LogP contribution in [0.3, 0.4) is 0 Å². The summed E-state index contributed by atoms with van der Waals surface area (Å²) in [7, 11) is 0. The average molecular weight is 390 g/mol. The summed E-state index contributed by atoms with van der Waals surface area (Å²) in [5.41, 5.74) is 1.40. The van der Waals surface area contributed by atoms with E-state index in [4.69, 9.17) is 0 Å². The minimum atomic E-state index is 0.184. The standard InChI is InChI=1S/C21H31N3O2S/c1-16-5-6-18-17(13-16)14-19(27-18)21(26)24-11-9-22(10-12-24)15-20(25)23-7-3-2-4-8-23/h14,16H,2-13,15H2,1H3. The van der Waals surface area contributed by atoms with Crippen molar-refractivity contribution in [1.29, 1.82) is 0 Å². The zero-order chi connectivity index (χ0) is 18.8. The van der Waals surface area contributed by atoms with Crippen LogP contribution < -0.4 is 0 Å². The van der Waals surface area contributed by atoms with Crippen LogP contribution in [-0.4, -0.2) is 72.3 Å². The molecule has 148 valence electrons. The van der Waals surface area contributed by atoms with Crippen LogP contribution in [0.4, 0.5) is 0 Å². The molecule has 2 fully saturated rings. The Labute approximate surface area is 166 Å². The third kappa shape index (κ3) is 4.37. The summed E-state index contributed by atoms with van der Waals surface area (Å²) < 4.78 is 0. The molecule has 0 saturated carbocycles. The predicted octanol–water partition coefficient (Wildman–Crippen LogP) is 2.64. The number of piperidine rings is 1. The van der Waals surface area contributed by atoms with Crippen LogP contribution in [0.25, 0.3) is 0 Å². The second-order valence-electron chi connectivity index (χ2n) is 8.42. The molecule has 0 spiro atoms. The molecule has 4 rings (SSSR count). The number of rotatable bonds is 3. The molecule has 0 radical (unpaired) electrons. The van der Waals surface area contributed by atoms with E-state index in [1.807, 2.05) is 9.80 Å². The largest absolute Gasteiger partial charge is 0.342 e. The third-order valence-corrected chi connectivity index (χ3v) is 7.49. The van der Waals surface area contributed by atoms with E-state index in [-0.39, 0.29) is 11.8 Å². The van der Waals surface area contributed by atoms with Gasteiger partial charge in [0.15, 0.2) is 0 Å². The zero-order valence-corrected chi connectivity index (χ0v) is 17.2. The first-order valence-electron chi connectivity index (χ1n) is 10.5. The lowest BCUT2D eigenvalue weighted by atomic mass is 9.90. The minimum absolute atomic E-state index is 0.184. The molecule has 6 heteroatoms. The zero-order valence-electron chi connectivity index (χ0n) is 16.4. The number of nitrogens with zero attached hydrogens (tertiary/aromatic N) is 3. The Morgan fingerprint density at radius 3 is 2.52 bits per heavy atom. The van der Waals surface area contributed by atoms with E-state index in [0.29, 0.717) is 6.54 Å². The molecule has 3 aliphatic rings. The van der Waals surface area contributed by atoms with Crippen molar-refractivity contribution >= 4 is 23.2 Å². The number of likely N-dealkylation sites (tertiary alicyclic amines) is 1. The van der Waals surface area contributed by atoms with Crippen LogP contribution in [0.2, 0.25) is 0 Å². The van der Waals surface area contributed by atoms with E-state index in [1.54, 1.807) is 11.3 Å². The van der Waals surface area contributed by atoms with E-state index in [0.717, 1.165) is 75.7 Å². The maximum absolute atomic E-state index is 12.9. The molecule has 0 aromatic carbocycles. The second-order valence-corrected chi connectivity index (χ2v) is 9.55. The first-order valence-corrected chi connectivity index (χ1v) is 11.3. The normalized spacial score (nSPS) is 24.0. The molecule has 1 aliphatic carbocycles. The molecule has 0 bridgehead atoms. The highest BCUT2D eigenvalue weighted by Gasteiger charge is 2.27. The second kappa shape index (κ2) is 8.31. The SMILES string of the molecule is CC1CCc2sc(C(=O)N3CCN(CC(=O)N4CCCCC4)CC3)cc2C1. The van der Waals surface area contributed by atoms with Gasteiger partial charge < -0.3 is 9.80 Å². The number of carbonyl (C=O) groups excluding carboxylic acids is 2. The molecule has 2 amide bonds. The van der Waals surface area contributed by atoms with Crippen molar-refractivity contribution in [3.8, 4) is 0 Å². The molecule has 3 heterocycles. The first-order chi connectivity index (χ1) is 13.1. The van der Waals surface area contributed by atoms with Gasteiger partial charge in [-0.3, -0.25) is 14.5 Å². The van der Waals surface area contributed by atoms with Crippen molar-refractivity contribution in [3.05, 3.63) is 21.4 Å². The molecule has 1 unspecified atom stereocenters. The number of hydrogen-bond acceptors (Lipinski definition) is 4. The molecule has 2 saturated heterocycles. The van der Waals surface area contributed by atoms with Crippen LogP contribution in [0.1, 0.15) is 52.7 Å². The molecule has 1 aromatic rings. The van der Waals surface area contributed by atoms with E-state index in [9.17, 15) is 9.59 Å². The highest BCUT2D eigenvalue weighted by Crippen LogP contribution is 2.32. The maximum Gasteiger partial charge on any atom is 0.264 e. The fourth-order valence-electron chi connectivity index (χ4n) is 4.51. The number of piperazine rings is 1. The average Bonchev–Trinajstić information content (AvgIpc) is 3.12. The molecular weight excluding hydrogens is 358 g/mol. The number of amides is 2. The van der Waals surface area contributed by atoms with Gasteiger partial charge in [0.1, 0.15) is 0 Å².